The van der Waals surface area contributed by atoms with Crippen LogP contribution in [-0.2, 0) is 12.8 Å². The van der Waals surface area contributed by atoms with E-state index in [9.17, 15) is 0 Å². The minimum absolute atomic E-state index is 0.484. The maximum atomic E-state index is 8.19. The summed E-state index contributed by atoms with van der Waals surface area (Å²) in [6.45, 7) is 0. The maximum absolute atomic E-state index is 8.19. The molecule has 0 aliphatic heterocycles. The number of aromatic nitrogens is 1. The maximum Gasteiger partial charge on any atom is 0.127 e. The molecule has 1 aliphatic carbocycles. The van der Waals surface area contributed by atoms with Crippen LogP contribution >= 0.6 is 0 Å². The lowest BCUT2D eigenvalue weighted by atomic mass is 10.2. The smallest absolute Gasteiger partial charge is 0.127 e. The molecule has 0 bridgehead atoms. The quantitative estimate of drug-likeness (QED) is 0.353. The summed E-state index contributed by atoms with van der Waals surface area (Å²) in [5.74, 6) is 0.484. The second-order valence-corrected chi connectivity index (χ2v) is 2.82. The topological polar surface area (TPSA) is 61.7 Å². The Morgan fingerprint density at radius 3 is 3.17 bits per heavy atom. The van der Waals surface area contributed by atoms with Gasteiger partial charge in [0.1, 0.15) is 5.82 Å². The molecule has 12 heavy (non-hydrogen) atoms. The summed E-state index contributed by atoms with van der Waals surface area (Å²) >= 11 is 0. The molecule has 0 N–H and O–H groups in total. The summed E-state index contributed by atoms with van der Waals surface area (Å²) in [6, 6.07) is 3.77. The molecule has 60 valence electrons. The minimum Gasteiger partial charge on any atom is -0.251 e. The van der Waals surface area contributed by atoms with Gasteiger partial charge >= 0.3 is 0 Å². The van der Waals surface area contributed by atoms with Crippen molar-refractivity contribution in [3.05, 3.63) is 33.8 Å². The average molecular weight is 160 g/mol. The van der Waals surface area contributed by atoms with Gasteiger partial charge in [-0.05, 0) is 41.5 Å². The van der Waals surface area contributed by atoms with Gasteiger partial charge in [0.05, 0.1) is 0 Å². The molecule has 0 saturated carbocycles. The van der Waals surface area contributed by atoms with E-state index in [1.807, 2.05) is 6.07 Å². The first-order chi connectivity index (χ1) is 5.90. The first-order valence-electron chi connectivity index (χ1n) is 3.94. The first kappa shape index (κ1) is 7.13. The number of nitrogens with zero attached hydrogens (tertiary/aromatic N) is 4. The Morgan fingerprint density at radius 2 is 2.33 bits per heavy atom. The summed E-state index contributed by atoms with van der Waals surface area (Å²) in [6.07, 6.45) is 3.30. The van der Waals surface area contributed by atoms with Crippen LogP contribution < -0.4 is 0 Å². The van der Waals surface area contributed by atoms with Crippen LogP contribution in [0.2, 0.25) is 0 Å². The highest BCUT2D eigenvalue weighted by atomic mass is 15.2. The Morgan fingerprint density at radius 1 is 1.42 bits per heavy atom. The summed E-state index contributed by atoms with van der Waals surface area (Å²) in [4.78, 5) is 6.92. The molecule has 0 spiro atoms. The zero-order valence-corrected chi connectivity index (χ0v) is 6.56. The third-order valence-electron chi connectivity index (χ3n) is 2.06. The highest BCUT2D eigenvalue weighted by Gasteiger charge is 2.11. The van der Waals surface area contributed by atoms with Gasteiger partial charge in [-0.3, -0.25) is 4.98 Å². The van der Waals surface area contributed by atoms with Crippen LogP contribution in [0.25, 0.3) is 10.4 Å². The fourth-order valence-corrected chi connectivity index (χ4v) is 1.51. The predicted molar refractivity (Wildman–Crippen MR) is 45.1 cm³/mol. The van der Waals surface area contributed by atoms with Crippen LogP contribution in [0.5, 0.6) is 0 Å². The molecule has 0 aromatic carbocycles. The van der Waals surface area contributed by atoms with E-state index in [1.54, 1.807) is 6.07 Å². The second-order valence-electron chi connectivity index (χ2n) is 2.82. The van der Waals surface area contributed by atoms with Crippen molar-refractivity contribution in [3.8, 4) is 0 Å². The van der Waals surface area contributed by atoms with Crippen LogP contribution in [-0.4, -0.2) is 4.98 Å². The van der Waals surface area contributed by atoms with Gasteiger partial charge in [-0.15, -0.1) is 0 Å². The summed E-state index contributed by atoms with van der Waals surface area (Å²) in [7, 11) is 0. The van der Waals surface area contributed by atoms with Crippen LogP contribution in [0, 0.1) is 0 Å². The van der Waals surface area contributed by atoms with Gasteiger partial charge in [-0.25, -0.2) is 0 Å². The molecular formula is C8H8N4. The molecule has 0 unspecified atom stereocenters. The van der Waals surface area contributed by atoms with Crippen molar-refractivity contribution < 1.29 is 0 Å². The van der Waals surface area contributed by atoms with Crippen molar-refractivity contribution in [3.63, 3.8) is 0 Å². The van der Waals surface area contributed by atoms with E-state index in [0.29, 0.717) is 5.82 Å². The van der Waals surface area contributed by atoms with Crippen molar-refractivity contribution in [2.45, 2.75) is 19.3 Å². The van der Waals surface area contributed by atoms with E-state index in [4.69, 9.17) is 5.53 Å². The average Bonchev–Trinajstić information content (AvgIpc) is 2.51. The Hall–Kier alpha value is -1.54. The molecule has 2 rings (SSSR count). The van der Waals surface area contributed by atoms with E-state index in [2.05, 4.69) is 15.0 Å². The molecule has 0 atom stereocenters. The Balaban J connectivity index is 2.45. The fourth-order valence-electron chi connectivity index (χ4n) is 1.51. The van der Waals surface area contributed by atoms with E-state index < -0.39 is 0 Å². The third kappa shape index (κ3) is 1.12. The largest absolute Gasteiger partial charge is 0.251 e. The minimum atomic E-state index is 0.484. The Kier molecular flexibility index (Phi) is 1.68. The van der Waals surface area contributed by atoms with Crippen molar-refractivity contribution in [2.24, 2.45) is 5.11 Å². The van der Waals surface area contributed by atoms with Crippen molar-refractivity contribution in [1.82, 2.24) is 4.98 Å². The van der Waals surface area contributed by atoms with Crippen LogP contribution in [0.15, 0.2) is 17.2 Å². The van der Waals surface area contributed by atoms with Crippen LogP contribution in [0.4, 0.5) is 5.82 Å². The lowest BCUT2D eigenvalue weighted by Gasteiger charge is -1.97. The van der Waals surface area contributed by atoms with E-state index in [-0.39, 0.29) is 0 Å². The van der Waals surface area contributed by atoms with E-state index >= 15 is 0 Å². The molecule has 1 aromatic heterocycles. The molecule has 1 aliphatic rings. The Labute approximate surface area is 69.9 Å². The summed E-state index contributed by atoms with van der Waals surface area (Å²) < 4.78 is 0. The summed E-state index contributed by atoms with van der Waals surface area (Å²) in [5.41, 5.74) is 10.6. The lowest BCUT2D eigenvalue weighted by molar-refractivity contribution is 0.899. The fraction of sp³-hybridized carbons (Fsp3) is 0.375. The van der Waals surface area contributed by atoms with Gasteiger partial charge in [0.25, 0.3) is 0 Å². The number of rotatable bonds is 1. The van der Waals surface area contributed by atoms with Gasteiger partial charge in [0, 0.05) is 10.6 Å². The van der Waals surface area contributed by atoms with Crippen molar-refractivity contribution >= 4 is 5.82 Å². The molecule has 0 saturated heterocycles. The number of azide groups is 1. The molecule has 4 nitrogen and oxygen atoms in total. The molecule has 1 heterocycles. The molecule has 4 heteroatoms. The highest BCUT2D eigenvalue weighted by molar-refractivity contribution is 5.35. The third-order valence-corrected chi connectivity index (χ3v) is 2.06. The second kappa shape index (κ2) is 2.83. The SMILES string of the molecule is [N-]=[N+]=Nc1ccc2c(n1)CCC2. The molecule has 0 fully saturated rings. The lowest BCUT2D eigenvalue weighted by Crippen LogP contribution is -1.85. The van der Waals surface area contributed by atoms with Gasteiger partial charge in [-0.1, -0.05) is 6.07 Å². The van der Waals surface area contributed by atoms with Gasteiger partial charge in [0.2, 0.25) is 0 Å². The van der Waals surface area contributed by atoms with Crippen LogP contribution in [0.3, 0.4) is 0 Å². The van der Waals surface area contributed by atoms with Crippen LogP contribution in [0.1, 0.15) is 17.7 Å². The van der Waals surface area contributed by atoms with E-state index in [0.717, 1.165) is 18.5 Å². The molecule has 0 amide bonds. The zero-order valence-electron chi connectivity index (χ0n) is 6.56. The number of fused-ring (bicyclic) bond motifs is 1. The molecule has 0 radical (unpaired) electrons. The highest BCUT2D eigenvalue weighted by Crippen LogP contribution is 2.22. The normalized spacial score (nSPS) is 13.7. The molecule has 1 aromatic rings. The van der Waals surface area contributed by atoms with Gasteiger partial charge in [-0.2, -0.15) is 0 Å². The number of pyridine rings is 1. The van der Waals surface area contributed by atoms with Crippen molar-refractivity contribution in [2.75, 3.05) is 0 Å². The zero-order chi connectivity index (χ0) is 8.39. The predicted octanol–water partition coefficient (Wildman–Crippen LogP) is 2.51. The van der Waals surface area contributed by atoms with Gasteiger partial charge in [0.15, 0.2) is 0 Å². The first-order valence-corrected chi connectivity index (χ1v) is 3.94. The number of hydrogen-bond donors (Lipinski definition) is 0. The Bertz CT molecular complexity index is 352. The van der Waals surface area contributed by atoms with Crippen molar-refractivity contribution in [1.29, 1.82) is 0 Å². The standard InChI is InChI=1S/C8H8N4/c9-12-11-8-5-4-6-2-1-3-7(6)10-8/h4-5H,1-3H2. The van der Waals surface area contributed by atoms with E-state index in [1.165, 1.54) is 12.0 Å². The summed E-state index contributed by atoms with van der Waals surface area (Å²) in [5, 5.41) is 3.45. The molecular weight excluding hydrogens is 152 g/mol. The number of aryl methyl sites for hydroxylation is 2. The monoisotopic (exact) mass is 160 g/mol. The van der Waals surface area contributed by atoms with Gasteiger partial charge < -0.3 is 0 Å². The number of hydrogen-bond acceptors (Lipinski definition) is 2.